The number of piperazine rings is 1. The molecule has 0 aliphatic carbocycles. The van der Waals surface area contributed by atoms with Crippen LogP contribution in [0.4, 0.5) is 10.6 Å². The Kier molecular flexibility index (Phi) is 4.32. The lowest BCUT2D eigenvalue weighted by Gasteiger charge is -2.33. The highest BCUT2D eigenvalue weighted by Gasteiger charge is 2.25. The van der Waals surface area contributed by atoms with E-state index in [0.717, 1.165) is 43.8 Å². The summed E-state index contributed by atoms with van der Waals surface area (Å²) in [5.74, 6) is 0.320. The molecule has 0 aromatic carbocycles. The largest absolute Gasteiger partial charge is 0.354 e. The van der Waals surface area contributed by atoms with Gasteiger partial charge in [0.05, 0.1) is 10.6 Å². The van der Waals surface area contributed by atoms with Crippen molar-refractivity contribution in [1.29, 1.82) is 0 Å². The summed E-state index contributed by atoms with van der Waals surface area (Å²) in [5.41, 5.74) is 0.515. The van der Waals surface area contributed by atoms with Crippen LogP contribution in [0.3, 0.4) is 0 Å². The molecule has 2 amide bonds. The van der Waals surface area contributed by atoms with E-state index >= 15 is 0 Å². The summed E-state index contributed by atoms with van der Waals surface area (Å²) >= 11 is 6.84. The maximum Gasteiger partial charge on any atom is 0.290 e. The molecule has 2 fully saturated rings. The fraction of sp³-hybridized carbons (Fsp3) is 0.385. The SMILES string of the molecule is CN1CCN(c2cc(C=C3SC(=O)NC3=O)nc(Cl)n2)CC1. The van der Waals surface area contributed by atoms with Crippen LogP contribution < -0.4 is 10.2 Å². The number of rotatable bonds is 2. The fourth-order valence-electron chi connectivity index (χ4n) is 2.25. The van der Waals surface area contributed by atoms with Crippen LogP contribution in [0, 0.1) is 0 Å². The number of aromatic nitrogens is 2. The van der Waals surface area contributed by atoms with Crippen molar-refractivity contribution >= 4 is 46.4 Å². The zero-order chi connectivity index (χ0) is 15.7. The van der Waals surface area contributed by atoms with Gasteiger partial charge >= 0.3 is 0 Å². The van der Waals surface area contributed by atoms with E-state index in [4.69, 9.17) is 11.6 Å². The molecule has 3 rings (SSSR count). The molecule has 3 heterocycles. The smallest absolute Gasteiger partial charge is 0.290 e. The lowest BCUT2D eigenvalue weighted by Crippen LogP contribution is -2.44. The van der Waals surface area contributed by atoms with Gasteiger partial charge in [-0.2, -0.15) is 0 Å². The third-order valence-corrected chi connectivity index (χ3v) is 4.43. The molecule has 2 aliphatic heterocycles. The number of carbonyl (C=O) groups excluding carboxylic acids is 2. The maximum absolute atomic E-state index is 11.6. The van der Waals surface area contributed by atoms with E-state index in [9.17, 15) is 9.59 Å². The number of halogens is 1. The summed E-state index contributed by atoms with van der Waals surface area (Å²) in [7, 11) is 2.08. The second kappa shape index (κ2) is 6.23. The van der Waals surface area contributed by atoms with Crippen molar-refractivity contribution in [3.05, 3.63) is 21.9 Å². The van der Waals surface area contributed by atoms with Crippen LogP contribution in [-0.4, -0.2) is 59.2 Å². The number of imide groups is 1. The predicted molar refractivity (Wildman–Crippen MR) is 85.9 cm³/mol. The molecule has 0 unspecified atom stereocenters. The Morgan fingerprint density at radius 3 is 2.64 bits per heavy atom. The third kappa shape index (κ3) is 3.40. The van der Waals surface area contributed by atoms with Gasteiger partial charge in [0.15, 0.2) is 0 Å². The van der Waals surface area contributed by atoms with Gasteiger partial charge in [-0.05, 0) is 36.5 Å². The highest BCUT2D eigenvalue weighted by Crippen LogP contribution is 2.26. The van der Waals surface area contributed by atoms with Gasteiger partial charge in [0.2, 0.25) is 5.28 Å². The first-order chi connectivity index (χ1) is 10.5. The Morgan fingerprint density at radius 1 is 1.27 bits per heavy atom. The molecule has 1 aromatic heterocycles. The molecular formula is C13H14ClN5O2S. The van der Waals surface area contributed by atoms with E-state index in [0.29, 0.717) is 10.6 Å². The molecule has 0 spiro atoms. The summed E-state index contributed by atoms with van der Waals surface area (Å²) in [5, 5.41) is 1.95. The molecule has 22 heavy (non-hydrogen) atoms. The molecule has 2 aliphatic rings. The first-order valence-corrected chi connectivity index (χ1v) is 7.93. The number of likely N-dealkylation sites (N-methyl/N-ethyl adjacent to an activating group) is 1. The highest BCUT2D eigenvalue weighted by molar-refractivity contribution is 8.18. The van der Waals surface area contributed by atoms with Crippen molar-refractivity contribution in [2.75, 3.05) is 38.1 Å². The Bertz CT molecular complexity index is 658. The molecule has 0 atom stereocenters. The Morgan fingerprint density at radius 2 is 2.00 bits per heavy atom. The first-order valence-electron chi connectivity index (χ1n) is 6.74. The topological polar surface area (TPSA) is 78.4 Å². The summed E-state index contributed by atoms with van der Waals surface area (Å²) in [6.07, 6.45) is 1.55. The lowest BCUT2D eigenvalue weighted by atomic mass is 10.3. The monoisotopic (exact) mass is 339 g/mol. The van der Waals surface area contributed by atoms with E-state index in [-0.39, 0.29) is 10.5 Å². The number of hydrogen-bond donors (Lipinski definition) is 1. The van der Waals surface area contributed by atoms with Crippen LogP contribution in [0.1, 0.15) is 5.69 Å². The highest BCUT2D eigenvalue weighted by atomic mass is 35.5. The minimum atomic E-state index is -0.411. The summed E-state index contributed by atoms with van der Waals surface area (Å²) in [4.78, 5) is 35.8. The van der Waals surface area contributed by atoms with Crippen molar-refractivity contribution in [3.8, 4) is 0 Å². The van der Waals surface area contributed by atoms with E-state index < -0.39 is 5.91 Å². The normalized spacial score (nSPS) is 21.5. The van der Waals surface area contributed by atoms with Crippen LogP contribution in [0.2, 0.25) is 5.28 Å². The number of nitrogens with one attached hydrogen (secondary N) is 1. The second-order valence-electron chi connectivity index (χ2n) is 5.06. The van der Waals surface area contributed by atoms with Crippen LogP contribution in [0.25, 0.3) is 6.08 Å². The van der Waals surface area contributed by atoms with E-state index in [1.165, 1.54) is 0 Å². The number of thioether (sulfide) groups is 1. The molecule has 116 valence electrons. The van der Waals surface area contributed by atoms with Crippen molar-refractivity contribution in [2.24, 2.45) is 0 Å². The Hall–Kier alpha value is -1.64. The van der Waals surface area contributed by atoms with Gasteiger partial charge in [0.25, 0.3) is 11.1 Å². The fourth-order valence-corrected chi connectivity index (χ4v) is 3.10. The summed E-state index contributed by atoms with van der Waals surface area (Å²) < 4.78 is 0. The molecule has 1 aromatic rings. The second-order valence-corrected chi connectivity index (χ2v) is 6.42. The van der Waals surface area contributed by atoms with Crippen molar-refractivity contribution < 1.29 is 9.59 Å². The van der Waals surface area contributed by atoms with Gasteiger partial charge in [-0.15, -0.1) is 0 Å². The Labute approximate surface area is 136 Å². The summed E-state index contributed by atoms with van der Waals surface area (Å²) in [6.45, 7) is 3.61. The zero-order valence-electron chi connectivity index (χ0n) is 11.9. The zero-order valence-corrected chi connectivity index (χ0v) is 13.4. The van der Waals surface area contributed by atoms with Crippen LogP contribution >= 0.6 is 23.4 Å². The molecule has 9 heteroatoms. The number of nitrogens with zero attached hydrogens (tertiary/aromatic N) is 4. The molecule has 0 bridgehead atoms. The van der Waals surface area contributed by atoms with Crippen LogP contribution in [-0.2, 0) is 4.79 Å². The minimum Gasteiger partial charge on any atom is -0.354 e. The van der Waals surface area contributed by atoms with Crippen LogP contribution in [0.15, 0.2) is 11.0 Å². The Balaban J connectivity index is 1.85. The standard InChI is InChI=1S/C13H14ClN5O2S/c1-18-2-4-19(5-3-18)10-7-8(15-12(14)16-10)6-9-11(20)17-13(21)22-9/h6-7H,2-5H2,1H3,(H,17,20,21). The lowest BCUT2D eigenvalue weighted by molar-refractivity contribution is -0.115. The van der Waals surface area contributed by atoms with Crippen molar-refractivity contribution in [3.63, 3.8) is 0 Å². The number of hydrogen-bond acceptors (Lipinski definition) is 7. The molecular weight excluding hydrogens is 326 g/mol. The van der Waals surface area contributed by atoms with Crippen molar-refractivity contribution in [2.45, 2.75) is 0 Å². The maximum atomic E-state index is 11.6. The molecule has 1 N–H and O–H groups in total. The first kappa shape index (κ1) is 15.3. The van der Waals surface area contributed by atoms with Gasteiger partial charge in [0.1, 0.15) is 5.82 Å². The van der Waals surface area contributed by atoms with E-state index in [2.05, 4.69) is 32.1 Å². The van der Waals surface area contributed by atoms with Gasteiger partial charge in [0, 0.05) is 32.2 Å². The van der Waals surface area contributed by atoms with Crippen LogP contribution in [0.5, 0.6) is 0 Å². The molecule has 7 nitrogen and oxygen atoms in total. The van der Waals surface area contributed by atoms with Gasteiger partial charge in [-0.1, -0.05) is 0 Å². The number of amides is 2. The average Bonchev–Trinajstić information content (AvgIpc) is 2.77. The molecule has 2 saturated heterocycles. The quantitative estimate of drug-likeness (QED) is 0.640. The molecule has 0 radical (unpaired) electrons. The van der Waals surface area contributed by atoms with E-state index in [1.807, 2.05) is 0 Å². The van der Waals surface area contributed by atoms with Crippen molar-refractivity contribution in [1.82, 2.24) is 20.2 Å². The number of carbonyl (C=O) groups is 2. The average molecular weight is 340 g/mol. The van der Waals surface area contributed by atoms with Gasteiger partial charge < -0.3 is 9.80 Å². The minimum absolute atomic E-state index is 0.123. The number of anilines is 1. The van der Waals surface area contributed by atoms with E-state index in [1.54, 1.807) is 12.1 Å². The predicted octanol–water partition coefficient (Wildman–Crippen LogP) is 1.21. The summed E-state index contributed by atoms with van der Waals surface area (Å²) in [6, 6.07) is 1.78. The van der Waals surface area contributed by atoms with Gasteiger partial charge in [-0.3, -0.25) is 14.9 Å². The molecule has 0 saturated carbocycles. The van der Waals surface area contributed by atoms with Gasteiger partial charge in [-0.25, -0.2) is 9.97 Å². The third-order valence-electron chi connectivity index (χ3n) is 3.45.